The van der Waals surface area contributed by atoms with Crippen molar-refractivity contribution in [2.24, 2.45) is 0 Å². The minimum Gasteiger partial charge on any atom is -0.464 e. The van der Waals surface area contributed by atoms with E-state index >= 15 is 0 Å². The lowest BCUT2D eigenvalue weighted by Gasteiger charge is -2.15. The van der Waals surface area contributed by atoms with E-state index in [9.17, 15) is 9.59 Å². The topological polar surface area (TPSA) is 91.7 Å². The third kappa shape index (κ3) is 4.64. The third-order valence-electron chi connectivity index (χ3n) is 4.75. The molecule has 0 bridgehead atoms. The van der Waals surface area contributed by atoms with Crippen LogP contribution >= 0.6 is 11.6 Å². The van der Waals surface area contributed by atoms with Crippen LogP contribution in [0.4, 0.5) is 0 Å². The van der Waals surface area contributed by atoms with Gasteiger partial charge in [0.1, 0.15) is 0 Å². The highest BCUT2D eigenvalue weighted by atomic mass is 35.5. The summed E-state index contributed by atoms with van der Waals surface area (Å²) >= 11 is 6.06. The molecule has 4 rings (SSSR count). The maximum atomic E-state index is 12.5. The lowest BCUT2D eigenvalue weighted by atomic mass is 10.2. The van der Waals surface area contributed by atoms with E-state index in [1.165, 1.54) is 16.8 Å². The number of hydrogen-bond acceptors (Lipinski definition) is 6. The number of benzene rings is 2. The molecule has 1 atom stereocenters. The van der Waals surface area contributed by atoms with Crippen LogP contribution in [0.3, 0.4) is 0 Å². The van der Waals surface area contributed by atoms with Gasteiger partial charge in [0, 0.05) is 23.7 Å². The summed E-state index contributed by atoms with van der Waals surface area (Å²) in [5.74, 6) is 1.16. The van der Waals surface area contributed by atoms with E-state index in [1.807, 2.05) is 19.1 Å². The zero-order chi connectivity index (χ0) is 22.0. The van der Waals surface area contributed by atoms with Gasteiger partial charge in [-0.2, -0.15) is 4.68 Å². The van der Waals surface area contributed by atoms with Crippen molar-refractivity contribution in [1.82, 2.24) is 15.1 Å². The molecule has 0 aliphatic carbocycles. The van der Waals surface area contributed by atoms with Gasteiger partial charge in [0.2, 0.25) is 12.7 Å². The summed E-state index contributed by atoms with van der Waals surface area (Å²) in [4.78, 5) is 24.8. The summed E-state index contributed by atoms with van der Waals surface area (Å²) in [6.45, 7) is 3.95. The van der Waals surface area contributed by atoms with E-state index < -0.39 is 6.10 Å². The van der Waals surface area contributed by atoms with Crippen molar-refractivity contribution in [1.29, 1.82) is 0 Å². The first-order valence-corrected chi connectivity index (χ1v) is 9.98. The van der Waals surface area contributed by atoms with Crippen molar-refractivity contribution in [2.75, 3.05) is 6.79 Å². The van der Waals surface area contributed by atoms with E-state index in [1.54, 1.807) is 31.2 Å². The van der Waals surface area contributed by atoms with E-state index in [-0.39, 0.29) is 24.1 Å². The number of amides is 1. The summed E-state index contributed by atoms with van der Waals surface area (Å²) in [5, 5.41) is 7.53. The van der Waals surface area contributed by atoms with Crippen LogP contribution in [0.5, 0.6) is 17.4 Å². The van der Waals surface area contributed by atoms with Gasteiger partial charge in [-0.1, -0.05) is 23.7 Å². The van der Waals surface area contributed by atoms with Crippen molar-refractivity contribution >= 4 is 17.5 Å². The lowest BCUT2D eigenvalue weighted by Crippen LogP contribution is -2.36. The van der Waals surface area contributed by atoms with E-state index in [2.05, 4.69) is 10.4 Å². The monoisotopic (exact) mass is 441 g/mol. The van der Waals surface area contributed by atoms with Crippen molar-refractivity contribution in [3.63, 3.8) is 0 Å². The molecule has 3 aromatic rings. The molecule has 1 aromatic heterocycles. The highest BCUT2D eigenvalue weighted by molar-refractivity contribution is 6.30. The summed E-state index contributed by atoms with van der Waals surface area (Å²) in [6, 6.07) is 13.4. The summed E-state index contributed by atoms with van der Waals surface area (Å²) in [7, 11) is 0. The highest BCUT2D eigenvalue weighted by Crippen LogP contribution is 2.32. The molecule has 1 aliphatic heterocycles. The van der Waals surface area contributed by atoms with Crippen LogP contribution in [-0.4, -0.2) is 28.6 Å². The molecule has 0 radical (unpaired) electrons. The molecule has 1 amide bonds. The van der Waals surface area contributed by atoms with Gasteiger partial charge in [0.25, 0.3) is 11.5 Å². The molecule has 31 heavy (non-hydrogen) atoms. The van der Waals surface area contributed by atoms with Gasteiger partial charge in [0.05, 0.1) is 5.69 Å². The van der Waals surface area contributed by atoms with Crippen LogP contribution in [0.25, 0.3) is 5.69 Å². The Hall–Kier alpha value is -3.52. The zero-order valence-electron chi connectivity index (χ0n) is 16.9. The quantitative estimate of drug-likeness (QED) is 0.632. The molecule has 0 saturated heterocycles. The Kier molecular flexibility index (Phi) is 5.81. The summed E-state index contributed by atoms with van der Waals surface area (Å²) < 4.78 is 17.5. The molecule has 2 aromatic carbocycles. The molecule has 0 fully saturated rings. The van der Waals surface area contributed by atoms with Crippen molar-refractivity contribution in [2.45, 2.75) is 26.5 Å². The maximum absolute atomic E-state index is 12.5. The highest BCUT2D eigenvalue weighted by Gasteiger charge is 2.18. The second kappa shape index (κ2) is 8.69. The minimum absolute atomic E-state index is 0.143. The van der Waals surface area contributed by atoms with Crippen LogP contribution in [0.15, 0.2) is 53.3 Å². The number of aromatic nitrogens is 2. The molecule has 0 unspecified atom stereocenters. The molecular weight excluding hydrogens is 422 g/mol. The Morgan fingerprint density at radius 3 is 2.84 bits per heavy atom. The molecule has 0 spiro atoms. The first-order chi connectivity index (χ1) is 14.9. The summed E-state index contributed by atoms with van der Waals surface area (Å²) in [6.07, 6.45) is -0.826. The van der Waals surface area contributed by atoms with E-state index in [4.69, 9.17) is 25.8 Å². The van der Waals surface area contributed by atoms with Gasteiger partial charge >= 0.3 is 0 Å². The molecule has 9 heteroatoms. The van der Waals surface area contributed by atoms with Crippen LogP contribution < -0.4 is 25.1 Å². The van der Waals surface area contributed by atoms with Gasteiger partial charge < -0.3 is 19.5 Å². The first-order valence-electron chi connectivity index (χ1n) is 9.60. The molecule has 0 saturated carbocycles. The second-order valence-corrected chi connectivity index (χ2v) is 7.45. The number of halogens is 1. The fourth-order valence-corrected chi connectivity index (χ4v) is 3.23. The van der Waals surface area contributed by atoms with Crippen LogP contribution in [0.1, 0.15) is 18.1 Å². The fourth-order valence-electron chi connectivity index (χ4n) is 3.06. The Balaban J connectivity index is 1.43. The maximum Gasteiger partial charge on any atom is 0.271 e. The number of rotatable bonds is 6. The molecule has 2 heterocycles. The zero-order valence-corrected chi connectivity index (χ0v) is 17.7. The first kappa shape index (κ1) is 20.7. The molecular formula is C22H20ClN3O5. The van der Waals surface area contributed by atoms with Crippen LogP contribution in [0, 0.1) is 6.92 Å². The number of carbonyl (C=O) groups is 1. The van der Waals surface area contributed by atoms with Gasteiger partial charge in [-0.3, -0.25) is 9.59 Å². The molecule has 8 nitrogen and oxygen atoms in total. The number of fused-ring (bicyclic) bond motifs is 1. The third-order valence-corrected chi connectivity index (χ3v) is 4.98. The smallest absolute Gasteiger partial charge is 0.271 e. The number of carbonyl (C=O) groups excluding carboxylic acids is 1. The van der Waals surface area contributed by atoms with Crippen molar-refractivity contribution in [3.05, 3.63) is 75.0 Å². The number of hydrogen-bond donors (Lipinski definition) is 1. The standard InChI is InChI=1S/C22H20ClN3O5/c1-13-3-5-16(23)10-17(13)26-21(27)8-7-20(25-26)31-14(2)22(28)24-11-15-4-6-18-19(9-15)30-12-29-18/h3-10,14H,11-12H2,1-2H3,(H,24,28)/t14-/m0/s1. The van der Waals surface area contributed by atoms with Crippen LogP contribution in [0.2, 0.25) is 5.02 Å². The lowest BCUT2D eigenvalue weighted by molar-refractivity contribution is -0.127. The number of aryl methyl sites for hydroxylation is 1. The Labute approximate surface area is 183 Å². The second-order valence-electron chi connectivity index (χ2n) is 7.02. The predicted molar refractivity (Wildman–Crippen MR) is 114 cm³/mol. The van der Waals surface area contributed by atoms with Crippen molar-refractivity contribution in [3.8, 4) is 23.1 Å². The van der Waals surface area contributed by atoms with Gasteiger partial charge in [0.15, 0.2) is 17.6 Å². The Bertz CT molecular complexity index is 1190. The molecule has 160 valence electrons. The number of nitrogens with zero attached hydrogens (tertiary/aromatic N) is 2. The average Bonchev–Trinajstić information content (AvgIpc) is 3.23. The van der Waals surface area contributed by atoms with Crippen molar-refractivity contribution < 1.29 is 19.0 Å². The molecule has 1 aliphatic rings. The SMILES string of the molecule is Cc1ccc(Cl)cc1-n1nc(O[C@@H](C)C(=O)NCc2ccc3c(c2)OCO3)ccc1=O. The largest absolute Gasteiger partial charge is 0.464 e. The van der Waals surface area contributed by atoms with E-state index in [0.29, 0.717) is 28.8 Å². The average molecular weight is 442 g/mol. The number of nitrogens with one attached hydrogen (secondary N) is 1. The molecule has 1 N–H and O–H groups in total. The normalized spacial score (nSPS) is 13.0. The minimum atomic E-state index is -0.826. The Morgan fingerprint density at radius 2 is 2.00 bits per heavy atom. The van der Waals surface area contributed by atoms with E-state index in [0.717, 1.165) is 11.1 Å². The van der Waals surface area contributed by atoms with Gasteiger partial charge in [-0.05, 0) is 49.2 Å². The van der Waals surface area contributed by atoms with Crippen LogP contribution in [-0.2, 0) is 11.3 Å². The fraction of sp³-hybridized carbons (Fsp3) is 0.227. The summed E-state index contributed by atoms with van der Waals surface area (Å²) in [5.41, 5.74) is 1.90. The van der Waals surface area contributed by atoms with Gasteiger partial charge in [-0.15, -0.1) is 5.10 Å². The number of ether oxygens (including phenoxy) is 3. The Morgan fingerprint density at radius 1 is 1.19 bits per heavy atom. The predicted octanol–water partition coefficient (Wildman–Crippen LogP) is 3.01. The van der Waals surface area contributed by atoms with Gasteiger partial charge in [-0.25, -0.2) is 0 Å².